The van der Waals surface area contributed by atoms with E-state index in [-0.39, 0.29) is 6.04 Å². The topological polar surface area (TPSA) is 55.8 Å². The van der Waals surface area contributed by atoms with Crippen LogP contribution in [0.5, 0.6) is 11.5 Å². The van der Waals surface area contributed by atoms with Gasteiger partial charge in [-0.2, -0.15) is 4.31 Å². The first kappa shape index (κ1) is 17.1. The van der Waals surface area contributed by atoms with Gasteiger partial charge in [0.05, 0.1) is 10.9 Å². The van der Waals surface area contributed by atoms with Crippen molar-refractivity contribution in [1.82, 2.24) is 4.31 Å². The zero-order chi connectivity index (χ0) is 18.4. The van der Waals surface area contributed by atoms with Gasteiger partial charge in [-0.3, -0.25) is 0 Å². The molecule has 3 aliphatic rings. The fraction of sp³-hybridized carbons (Fsp3) is 0.429. The average molecular weight is 385 g/mol. The van der Waals surface area contributed by atoms with Crippen LogP contribution in [0.3, 0.4) is 0 Å². The maximum atomic E-state index is 13.4. The van der Waals surface area contributed by atoms with Crippen LogP contribution in [-0.4, -0.2) is 32.5 Å². The van der Waals surface area contributed by atoms with Crippen molar-refractivity contribution in [3.05, 3.63) is 53.1 Å². The van der Waals surface area contributed by atoms with Crippen LogP contribution in [0.2, 0.25) is 0 Å². The van der Waals surface area contributed by atoms with E-state index in [0.717, 1.165) is 43.4 Å². The second-order valence-corrected chi connectivity index (χ2v) is 9.35. The molecule has 5 nitrogen and oxygen atoms in total. The highest BCUT2D eigenvalue weighted by molar-refractivity contribution is 7.89. The lowest BCUT2D eigenvalue weighted by Crippen LogP contribution is -2.31. The number of aryl methyl sites for hydroxylation is 2. The van der Waals surface area contributed by atoms with Crippen molar-refractivity contribution < 1.29 is 17.9 Å². The van der Waals surface area contributed by atoms with E-state index in [1.165, 1.54) is 11.1 Å². The molecule has 0 bridgehead atoms. The Hall–Kier alpha value is -2.05. The number of ether oxygens (including phenoxy) is 2. The molecule has 0 saturated carbocycles. The first-order chi connectivity index (χ1) is 13.1. The van der Waals surface area contributed by atoms with Gasteiger partial charge in [-0.15, -0.1) is 0 Å². The molecule has 1 saturated heterocycles. The summed E-state index contributed by atoms with van der Waals surface area (Å²) in [7, 11) is -3.52. The molecule has 0 aromatic heterocycles. The molecular formula is C21H23NO4S. The molecular weight excluding hydrogens is 362 g/mol. The second kappa shape index (κ2) is 6.53. The van der Waals surface area contributed by atoms with Crippen LogP contribution in [0.4, 0.5) is 0 Å². The van der Waals surface area contributed by atoms with E-state index in [4.69, 9.17) is 9.47 Å². The number of hydrogen-bond acceptors (Lipinski definition) is 4. The van der Waals surface area contributed by atoms with E-state index in [2.05, 4.69) is 0 Å². The van der Waals surface area contributed by atoms with Gasteiger partial charge in [-0.05, 0) is 73.1 Å². The molecule has 0 spiro atoms. The second-order valence-electron chi connectivity index (χ2n) is 7.46. The van der Waals surface area contributed by atoms with Crippen LogP contribution in [-0.2, 0) is 22.9 Å². The number of sulfonamides is 1. The maximum absolute atomic E-state index is 13.4. The van der Waals surface area contributed by atoms with Crippen molar-refractivity contribution >= 4 is 10.0 Å². The lowest BCUT2D eigenvalue weighted by molar-refractivity contribution is 0.171. The van der Waals surface area contributed by atoms with E-state index >= 15 is 0 Å². The molecule has 2 aliphatic heterocycles. The van der Waals surface area contributed by atoms with Crippen LogP contribution in [0, 0.1) is 0 Å². The van der Waals surface area contributed by atoms with Crippen molar-refractivity contribution in [2.75, 3.05) is 19.8 Å². The fourth-order valence-electron chi connectivity index (χ4n) is 4.47. The molecule has 0 N–H and O–H groups in total. The Morgan fingerprint density at radius 3 is 2.59 bits per heavy atom. The Morgan fingerprint density at radius 2 is 1.70 bits per heavy atom. The highest BCUT2D eigenvalue weighted by Gasteiger charge is 2.37. The summed E-state index contributed by atoms with van der Waals surface area (Å²) in [5, 5.41) is 0. The largest absolute Gasteiger partial charge is 0.486 e. The third-order valence-corrected chi connectivity index (χ3v) is 7.74. The van der Waals surface area contributed by atoms with E-state index in [1.807, 2.05) is 30.3 Å². The van der Waals surface area contributed by atoms with E-state index in [1.54, 1.807) is 10.4 Å². The summed E-state index contributed by atoms with van der Waals surface area (Å²) in [4.78, 5) is 0.424. The molecule has 2 aromatic rings. The van der Waals surface area contributed by atoms with Crippen molar-refractivity contribution in [3.63, 3.8) is 0 Å². The molecule has 142 valence electrons. The highest BCUT2D eigenvalue weighted by atomic mass is 32.2. The molecule has 1 atom stereocenters. The molecule has 6 heteroatoms. The van der Waals surface area contributed by atoms with Gasteiger partial charge in [0.15, 0.2) is 11.5 Å². The number of rotatable bonds is 3. The van der Waals surface area contributed by atoms with Gasteiger partial charge >= 0.3 is 0 Å². The zero-order valence-electron chi connectivity index (χ0n) is 15.2. The van der Waals surface area contributed by atoms with Gasteiger partial charge < -0.3 is 9.47 Å². The Labute approximate surface area is 160 Å². The summed E-state index contributed by atoms with van der Waals surface area (Å²) in [5.41, 5.74) is 3.45. The first-order valence-electron chi connectivity index (χ1n) is 9.66. The quantitative estimate of drug-likeness (QED) is 0.812. The smallest absolute Gasteiger partial charge is 0.243 e. The molecule has 5 rings (SSSR count). The summed E-state index contributed by atoms with van der Waals surface area (Å²) < 4.78 is 39.7. The average Bonchev–Trinajstić information content (AvgIpc) is 3.36. The Bertz CT molecular complexity index is 986. The molecule has 1 unspecified atom stereocenters. The van der Waals surface area contributed by atoms with E-state index < -0.39 is 10.0 Å². The molecule has 1 aliphatic carbocycles. The SMILES string of the molecule is O=S(=O)(c1ccc2c(c1)CCC2)N1CCCC1c1ccc2c(c1)OCCO2. The molecule has 2 aromatic carbocycles. The summed E-state index contributed by atoms with van der Waals surface area (Å²) in [6.07, 6.45) is 4.83. The van der Waals surface area contributed by atoms with Gasteiger partial charge in [-0.1, -0.05) is 12.1 Å². The summed E-state index contributed by atoms with van der Waals surface area (Å²) in [6.45, 7) is 1.63. The summed E-state index contributed by atoms with van der Waals surface area (Å²) >= 11 is 0. The third-order valence-electron chi connectivity index (χ3n) is 5.83. The van der Waals surface area contributed by atoms with Crippen LogP contribution in [0.1, 0.15) is 42.0 Å². The summed E-state index contributed by atoms with van der Waals surface area (Å²) in [6, 6.07) is 11.3. The van der Waals surface area contributed by atoms with Crippen LogP contribution in [0.25, 0.3) is 0 Å². The third kappa shape index (κ3) is 2.91. The van der Waals surface area contributed by atoms with Gasteiger partial charge in [0.25, 0.3) is 0 Å². The number of benzene rings is 2. The normalized spacial score (nSPS) is 22.0. The van der Waals surface area contributed by atoms with Gasteiger partial charge in [0.2, 0.25) is 10.0 Å². The van der Waals surface area contributed by atoms with Crippen molar-refractivity contribution in [2.45, 2.75) is 43.0 Å². The lowest BCUT2D eigenvalue weighted by Gasteiger charge is -2.26. The van der Waals surface area contributed by atoms with Gasteiger partial charge in [0.1, 0.15) is 13.2 Å². The predicted octanol–water partition coefficient (Wildman–Crippen LogP) is 3.47. The zero-order valence-corrected chi connectivity index (χ0v) is 16.0. The highest BCUT2D eigenvalue weighted by Crippen LogP contribution is 2.40. The van der Waals surface area contributed by atoms with E-state index in [0.29, 0.717) is 30.4 Å². The Morgan fingerprint density at radius 1 is 0.889 bits per heavy atom. The molecule has 0 amide bonds. The molecule has 2 heterocycles. The Kier molecular flexibility index (Phi) is 4.13. The Balaban J connectivity index is 1.48. The lowest BCUT2D eigenvalue weighted by atomic mass is 10.0. The van der Waals surface area contributed by atoms with Crippen molar-refractivity contribution in [1.29, 1.82) is 0 Å². The fourth-order valence-corrected chi connectivity index (χ4v) is 6.21. The summed E-state index contributed by atoms with van der Waals surface area (Å²) in [5.74, 6) is 1.44. The molecule has 1 fully saturated rings. The number of nitrogens with zero attached hydrogens (tertiary/aromatic N) is 1. The van der Waals surface area contributed by atoms with Crippen molar-refractivity contribution in [3.8, 4) is 11.5 Å². The number of fused-ring (bicyclic) bond motifs is 2. The molecule has 0 radical (unpaired) electrons. The minimum Gasteiger partial charge on any atom is -0.486 e. The van der Waals surface area contributed by atoms with Crippen LogP contribution < -0.4 is 9.47 Å². The standard InChI is InChI=1S/C21H23NO4S/c23-27(24,18-8-6-15-3-1-4-16(15)13-18)22-10-2-5-19(22)17-7-9-20-21(14-17)26-12-11-25-20/h6-9,13-14,19H,1-5,10-12H2. The minimum absolute atomic E-state index is 0.154. The maximum Gasteiger partial charge on any atom is 0.243 e. The van der Waals surface area contributed by atoms with Gasteiger partial charge in [-0.25, -0.2) is 8.42 Å². The number of hydrogen-bond donors (Lipinski definition) is 0. The van der Waals surface area contributed by atoms with Gasteiger partial charge in [0, 0.05) is 6.54 Å². The van der Waals surface area contributed by atoms with Crippen molar-refractivity contribution in [2.24, 2.45) is 0 Å². The monoisotopic (exact) mass is 385 g/mol. The minimum atomic E-state index is -3.52. The van der Waals surface area contributed by atoms with Crippen LogP contribution >= 0.6 is 0 Å². The van der Waals surface area contributed by atoms with E-state index in [9.17, 15) is 8.42 Å². The first-order valence-corrected chi connectivity index (χ1v) is 11.1. The predicted molar refractivity (Wildman–Crippen MR) is 102 cm³/mol. The van der Waals surface area contributed by atoms with Crippen LogP contribution in [0.15, 0.2) is 41.3 Å². The molecule has 27 heavy (non-hydrogen) atoms.